The predicted octanol–water partition coefficient (Wildman–Crippen LogP) is 5.48. The maximum atomic E-state index is 11.6. The number of carbonyl (C=O) groups is 1. The molecule has 0 saturated heterocycles. The topological polar surface area (TPSA) is 94.0 Å². The summed E-state index contributed by atoms with van der Waals surface area (Å²) in [6.07, 6.45) is 4.56. The summed E-state index contributed by atoms with van der Waals surface area (Å²) < 4.78 is 7.67. The largest absolute Gasteiger partial charge is 0.457 e. The van der Waals surface area contributed by atoms with E-state index in [-0.39, 0.29) is 5.91 Å². The number of hydrogen-bond donors (Lipinski definition) is 2. The molecule has 0 aliphatic heterocycles. The van der Waals surface area contributed by atoms with Gasteiger partial charge in [-0.15, -0.1) is 0 Å². The first kappa shape index (κ1) is 20.9. The number of amides is 1. The number of aromatic nitrogens is 4. The molecule has 8 heteroatoms. The van der Waals surface area contributed by atoms with Gasteiger partial charge in [0.2, 0.25) is 11.9 Å². The third-order valence-corrected chi connectivity index (χ3v) is 4.96. The van der Waals surface area contributed by atoms with Crippen molar-refractivity contribution in [2.24, 2.45) is 0 Å². The fraction of sp³-hybridized carbons (Fsp3) is 0. The molecule has 0 radical (unpaired) electrons. The Kier molecular flexibility index (Phi) is 5.69. The number of nitrogens with zero attached hydrogens (tertiary/aromatic N) is 4. The Bertz CT molecular complexity index is 1460. The number of fused-ring (bicyclic) bond motifs is 1. The fourth-order valence-electron chi connectivity index (χ4n) is 3.35. The molecule has 0 unspecified atom stereocenters. The van der Waals surface area contributed by atoms with Gasteiger partial charge in [0.1, 0.15) is 23.3 Å². The number of benzene rings is 3. The average Bonchev–Trinajstić information content (AvgIpc) is 3.29. The molecule has 0 saturated carbocycles. The van der Waals surface area contributed by atoms with Crippen molar-refractivity contribution < 1.29 is 9.53 Å². The van der Waals surface area contributed by atoms with E-state index in [4.69, 9.17) is 4.74 Å². The molecule has 3 aromatic carbocycles. The van der Waals surface area contributed by atoms with Gasteiger partial charge in [-0.05, 0) is 60.7 Å². The Hall–Kier alpha value is -4.98. The van der Waals surface area contributed by atoms with Crippen LogP contribution in [0.1, 0.15) is 0 Å². The maximum Gasteiger partial charge on any atom is 0.247 e. The highest BCUT2D eigenvalue weighted by Crippen LogP contribution is 2.25. The summed E-state index contributed by atoms with van der Waals surface area (Å²) in [6, 6.07) is 24.5. The van der Waals surface area contributed by atoms with Crippen LogP contribution in [-0.4, -0.2) is 25.4 Å². The summed E-state index contributed by atoms with van der Waals surface area (Å²) in [5, 5.41) is 5.97. The summed E-state index contributed by atoms with van der Waals surface area (Å²) in [7, 11) is 0. The van der Waals surface area contributed by atoms with Gasteiger partial charge in [0, 0.05) is 11.4 Å². The average molecular weight is 448 g/mol. The predicted molar refractivity (Wildman–Crippen MR) is 132 cm³/mol. The van der Waals surface area contributed by atoms with Crippen molar-refractivity contribution in [2.45, 2.75) is 0 Å². The number of imidazole rings is 1. The molecule has 34 heavy (non-hydrogen) atoms. The smallest absolute Gasteiger partial charge is 0.247 e. The van der Waals surface area contributed by atoms with E-state index < -0.39 is 0 Å². The number of para-hydroxylation sites is 1. The van der Waals surface area contributed by atoms with Crippen LogP contribution in [0.4, 0.5) is 17.3 Å². The van der Waals surface area contributed by atoms with Crippen LogP contribution in [-0.2, 0) is 4.79 Å². The minimum Gasteiger partial charge on any atom is -0.457 e. The number of carbonyl (C=O) groups excluding carboxylic acids is 1. The maximum absolute atomic E-state index is 11.6. The molecule has 0 bridgehead atoms. The third-order valence-electron chi connectivity index (χ3n) is 4.96. The zero-order valence-electron chi connectivity index (χ0n) is 18.1. The molecule has 0 aliphatic rings. The van der Waals surface area contributed by atoms with E-state index >= 15 is 0 Å². The Balaban J connectivity index is 1.37. The van der Waals surface area contributed by atoms with Crippen LogP contribution in [0.25, 0.3) is 16.9 Å². The lowest BCUT2D eigenvalue weighted by atomic mass is 10.2. The van der Waals surface area contributed by atoms with Gasteiger partial charge in [-0.2, -0.15) is 4.98 Å². The Morgan fingerprint density at radius 1 is 0.912 bits per heavy atom. The van der Waals surface area contributed by atoms with E-state index in [2.05, 4.69) is 32.2 Å². The summed E-state index contributed by atoms with van der Waals surface area (Å²) in [5.74, 6) is 1.66. The van der Waals surface area contributed by atoms with Crippen molar-refractivity contribution in [2.75, 3.05) is 10.6 Å². The molecule has 0 spiro atoms. The highest BCUT2D eigenvalue weighted by Gasteiger charge is 2.10. The van der Waals surface area contributed by atoms with Crippen molar-refractivity contribution >= 4 is 34.4 Å². The second kappa shape index (κ2) is 9.25. The molecular formula is C26H20N6O2. The highest BCUT2D eigenvalue weighted by atomic mass is 16.5. The van der Waals surface area contributed by atoms with Crippen LogP contribution >= 0.6 is 0 Å². The zero-order chi connectivity index (χ0) is 23.3. The van der Waals surface area contributed by atoms with Crippen LogP contribution in [0.5, 0.6) is 11.5 Å². The number of anilines is 3. The lowest BCUT2D eigenvalue weighted by Gasteiger charge is -2.09. The lowest BCUT2D eigenvalue weighted by molar-refractivity contribution is -0.111. The molecule has 2 aromatic heterocycles. The van der Waals surface area contributed by atoms with Gasteiger partial charge in [-0.3, -0.25) is 9.36 Å². The fourth-order valence-corrected chi connectivity index (χ4v) is 3.35. The summed E-state index contributed by atoms with van der Waals surface area (Å²) in [4.78, 5) is 25.0. The van der Waals surface area contributed by atoms with Crippen molar-refractivity contribution in [3.63, 3.8) is 0 Å². The Morgan fingerprint density at radius 2 is 1.71 bits per heavy atom. The Labute approximate surface area is 195 Å². The van der Waals surface area contributed by atoms with Crippen molar-refractivity contribution in [3.05, 3.63) is 104 Å². The normalized spacial score (nSPS) is 10.6. The monoisotopic (exact) mass is 448 g/mol. The van der Waals surface area contributed by atoms with Crippen molar-refractivity contribution in [3.8, 4) is 17.2 Å². The molecule has 0 aliphatic carbocycles. The van der Waals surface area contributed by atoms with Gasteiger partial charge in [-0.25, -0.2) is 9.97 Å². The molecule has 0 fully saturated rings. The standard InChI is InChI=1S/C26H20N6O2/c1-2-24(33)29-19-7-6-8-20(15-19)32-17-28-23-16-27-26(31-25(23)32)30-18-11-13-22(14-12-18)34-21-9-4-3-5-10-21/h2-17H,1H2,(H,29,33)(H,27,30,31). The second-order valence-corrected chi connectivity index (χ2v) is 7.33. The number of ether oxygens (including phenoxy) is 1. The molecule has 0 atom stereocenters. The highest BCUT2D eigenvalue weighted by molar-refractivity contribution is 5.99. The molecule has 5 aromatic rings. The van der Waals surface area contributed by atoms with Gasteiger partial charge in [0.25, 0.3) is 0 Å². The van der Waals surface area contributed by atoms with E-state index in [1.807, 2.05) is 77.4 Å². The summed E-state index contributed by atoms with van der Waals surface area (Å²) in [5.41, 5.74) is 3.55. The number of rotatable bonds is 7. The van der Waals surface area contributed by atoms with Crippen molar-refractivity contribution in [1.29, 1.82) is 0 Å². The molecule has 166 valence electrons. The van der Waals surface area contributed by atoms with Gasteiger partial charge in [-0.1, -0.05) is 30.8 Å². The summed E-state index contributed by atoms with van der Waals surface area (Å²) in [6.45, 7) is 3.48. The quantitative estimate of drug-likeness (QED) is 0.321. The SMILES string of the molecule is C=CC(=O)Nc1cccc(-n2cnc3cnc(Nc4ccc(Oc5ccccc5)cc4)nc32)c1. The van der Waals surface area contributed by atoms with Crippen LogP contribution in [0, 0.1) is 0 Å². The van der Waals surface area contributed by atoms with Crippen LogP contribution in [0.3, 0.4) is 0 Å². The van der Waals surface area contributed by atoms with E-state index in [1.165, 1.54) is 6.08 Å². The van der Waals surface area contributed by atoms with E-state index in [9.17, 15) is 4.79 Å². The van der Waals surface area contributed by atoms with Gasteiger partial charge >= 0.3 is 0 Å². The third kappa shape index (κ3) is 4.61. The number of nitrogens with one attached hydrogen (secondary N) is 2. The van der Waals surface area contributed by atoms with Crippen molar-refractivity contribution in [1.82, 2.24) is 19.5 Å². The van der Waals surface area contributed by atoms with Gasteiger partial charge in [0.05, 0.1) is 11.9 Å². The zero-order valence-corrected chi connectivity index (χ0v) is 18.1. The number of hydrogen-bond acceptors (Lipinski definition) is 6. The second-order valence-electron chi connectivity index (χ2n) is 7.33. The Morgan fingerprint density at radius 3 is 2.50 bits per heavy atom. The molecular weight excluding hydrogens is 428 g/mol. The van der Waals surface area contributed by atoms with Crippen LogP contribution in [0.2, 0.25) is 0 Å². The van der Waals surface area contributed by atoms with Gasteiger partial charge in [0.15, 0.2) is 5.65 Å². The molecule has 2 N–H and O–H groups in total. The van der Waals surface area contributed by atoms with E-state index in [0.717, 1.165) is 22.9 Å². The first-order chi connectivity index (χ1) is 16.7. The van der Waals surface area contributed by atoms with Gasteiger partial charge < -0.3 is 15.4 Å². The van der Waals surface area contributed by atoms with Crippen LogP contribution < -0.4 is 15.4 Å². The molecule has 1 amide bonds. The first-order valence-corrected chi connectivity index (χ1v) is 10.5. The summed E-state index contributed by atoms with van der Waals surface area (Å²) >= 11 is 0. The van der Waals surface area contributed by atoms with Crippen LogP contribution in [0.15, 0.2) is 104 Å². The minimum absolute atomic E-state index is 0.276. The molecule has 8 nitrogen and oxygen atoms in total. The van der Waals surface area contributed by atoms with E-state index in [0.29, 0.717) is 22.8 Å². The molecule has 2 heterocycles. The minimum atomic E-state index is -0.276. The molecule has 5 rings (SSSR count). The van der Waals surface area contributed by atoms with E-state index in [1.54, 1.807) is 18.6 Å². The first-order valence-electron chi connectivity index (χ1n) is 10.5. The lowest BCUT2D eigenvalue weighted by Crippen LogP contribution is -2.07.